The maximum Gasteiger partial charge on any atom is 0.315 e. The molecule has 3 amide bonds. The molecular weight excluding hydrogens is 384 g/mol. The summed E-state index contributed by atoms with van der Waals surface area (Å²) in [5, 5.41) is 9.49. The molecule has 0 aliphatic heterocycles. The van der Waals surface area contributed by atoms with Crippen LogP contribution in [-0.2, 0) is 11.2 Å². The normalized spacial score (nSPS) is 11.5. The third-order valence-corrected chi connectivity index (χ3v) is 5.48. The molecule has 0 aliphatic carbocycles. The zero-order valence-corrected chi connectivity index (χ0v) is 17.3. The fraction of sp³-hybridized carbons (Fsp3) is 0.227. The van der Waals surface area contributed by atoms with E-state index in [2.05, 4.69) is 20.9 Å². The number of nitrogens with one attached hydrogen (secondary N) is 3. The average molecular weight is 409 g/mol. The number of aryl methyl sites for hydroxylation is 2. The first-order chi connectivity index (χ1) is 14.0. The second-order valence-corrected chi connectivity index (χ2v) is 7.88. The van der Waals surface area contributed by atoms with Gasteiger partial charge in [-0.25, -0.2) is 9.78 Å². The average Bonchev–Trinajstić information content (AvgIpc) is 3.04. The number of urea groups is 1. The van der Waals surface area contributed by atoms with E-state index in [0.29, 0.717) is 24.2 Å². The molecule has 0 radical (unpaired) electrons. The summed E-state index contributed by atoms with van der Waals surface area (Å²) in [4.78, 5) is 30.8. The van der Waals surface area contributed by atoms with Crippen LogP contribution in [0.3, 0.4) is 0 Å². The van der Waals surface area contributed by atoms with Crippen molar-refractivity contribution in [1.82, 2.24) is 15.6 Å². The zero-order valence-electron chi connectivity index (χ0n) is 16.4. The van der Waals surface area contributed by atoms with Gasteiger partial charge in [-0.2, -0.15) is 0 Å². The molecule has 0 spiro atoms. The summed E-state index contributed by atoms with van der Waals surface area (Å²) in [5.41, 5.74) is 2.39. The molecule has 0 bridgehead atoms. The highest BCUT2D eigenvalue weighted by Gasteiger charge is 2.22. The highest BCUT2D eigenvalue weighted by Crippen LogP contribution is 2.18. The highest BCUT2D eigenvalue weighted by atomic mass is 32.1. The van der Waals surface area contributed by atoms with Crippen molar-refractivity contribution in [2.75, 3.05) is 11.9 Å². The van der Waals surface area contributed by atoms with Gasteiger partial charge in [0.1, 0.15) is 6.04 Å². The van der Waals surface area contributed by atoms with Crippen LogP contribution in [0.25, 0.3) is 0 Å². The Kier molecular flexibility index (Phi) is 6.97. The summed E-state index contributed by atoms with van der Waals surface area (Å²) in [7, 11) is 0. The molecule has 1 atom stereocenters. The minimum atomic E-state index is -0.802. The summed E-state index contributed by atoms with van der Waals surface area (Å²) >= 11 is 1.64. The van der Waals surface area contributed by atoms with Crippen molar-refractivity contribution >= 4 is 29.0 Å². The number of benzene rings is 2. The molecule has 0 fully saturated rings. The SMILES string of the molecule is Cc1nc(C)c(CCNC(=O)NC(C(=O)Nc2ccccc2)c2ccccc2)s1. The van der Waals surface area contributed by atoms with Crippen LogP contribution < -0.4 is 16.0 Å². The summed E-state index contributed by atoms with van der Waals surface area (Å²) in [6.07, 6.45) is 0.705. The number of hydrogen-bond donors (Lipinski definition) is 3. The maximum absolute atomic E-state index is 12.8. The predicted octanol–water partition coefficient (Wildman–Crippen LogP) is 3.98. The van der Waals surface area contributed by atoms with E-state index in [4.69, 9.17) is 0 Å². The Balaban J connectivity index is 1.62. The number of aromatic nitrogens is 1. The molecule has 6 nitrogen and oxygen atoms in total. The standard InChI is InChI=1S/C22H24N4O2S/c1-15-19(29-16(2)24-15)13-14-23-22(28)26-20(17-9-5-3-6-10-17)21(27)25-18-11-7-4-8-12-18/h3-12,20H,13-14H2,1-2H3,(H,25,27)(H2,23,26,28). The number of carbonyl (C=O) groups excluding carboxylic acids is 2. The second kappa shape index (κ2) is 9.84. The summed E-state index contributed by atoms with van der Waals surface area (Å²) in [5.74, 6) is -0.300. The van der Waals surface area contributed by atoms with Crippen LogP contribution in [0.2, 0.25) is 0 Å². The first kappa shape index (κ1) is 20.5. The van der Waals surface area contributed by atoms with E-state index < -0.39 is 6.04 Å². The highest BCUT2D eigenvalue weighted by molar-refractivity contribution is 7.11. The molecule has 7 heteroatoms. The van der Waals surface area contributed by atoms with Crippen molar-refractivity contribution in [1.29, 1.82) is 0 Å². The van der Waals surface area contributed by atoms with Gasteiger partial charge < -0.3 is 16.0 Å². The van der Waals surface area contributed by atoms with Gasteiger partial charge in [-0.1, -0.05) is 48.5 Å². The Morgan fingerprint density at radius 2 is 1.66 bits per heavy atom. The van der Waals surface area contributed by atoms with Crippen LogP contribution >= 0.6 is 11.3 Å². The van der Waals surface area contributed by atoms with Crippen LogP contribution in [0, 0.1) is 13.8 Å². The Bertz CT molecular complexity index is 957. The minimum Gasteiger partial charge on any atom is -0.338 e. The van der Waals surface area contributed by atoms with Gasteiger partial charge in [-0.3, -0.25) is 4.79 Å². The van der Waals surface area contributed by atoms with Gasteiger partial charge in [0.25, 0.3) is 5.91 Å². The largest absolute Gasteiger partial charge is 0.338 e. The zero-order chi connectivity index (χ0) is 20.6. The third kappa shape index (κ3) is 5.89. The molecule has 3 rings (SSSR count). The molecule has 150 valence electrons. The lowest BCUT2D eigenvalue weighted by Crippen LogP contribution is -2.43. The Labute approximate surface area is 174 Å². The van der Waals surface area contributed by atoms with Gasteiger partial charge >= 0.3 is 6.03 Å². The number of hydrogen-bond acceptors (Lipinski definition) is 4. The van der Waals surface area contributed by atoms with E-state index >= 15 is 0 Å². The van der Waals surface area contributed by atoms with E-state index in [1.165, 1.54) is 0 Å². The lowest BCUT2D eigenvalue weighted by atomic mass is 10.1. The number of anilines is 1. The van der Waals surface area contributed by atoms with Gasteiger partial charge in [0.2, 0.25) is 0 Å². The van der Waals surface area contributed by atoms with Crippen LogP contribution in [0.15, 0.2) is 60.7 Å². The first-order valence-corrected chi connectivity index (χ1v) is 10.2. The topological polar surface area (TPSA) is 83.1 Å². The molecule has 3 aromatic rings. The summed E-state index contributed by atoms with van der Waals surface area (Å²) in [6, 6.07) is 17.2. The van der Waals surface area contributed by atoms with Crippen LogP contribution in [0.1, 0.15) is 27.2 Å². The number of amides is 3. The molecule has 1 unspecified atom stereocenters. The van der Waals surface area contributed by atoms with Crippen molar-refractivity contribution < 1.29 is 9.59 Å². The molecule has 1 heterocycles. The number of rotatable bonds is 7. The maximum atomic E-state index is 12.8. The number of para-hydroxylation sites is 1. The van der Waals surface area contributed by atoms with Crippen molar-refractivity contribution in [3.63, 3.8) is 0 Å². The summed E-state index contributed by atoms with van der Waals surface area (Å²) in [6.45, 7) is 4.41. The number of thiazole rings is 1. The van der Waals surface area contributed by atoms with Crippen LogP contribution in [-0.4, -0.2) is 23.5 Å². The Morgan fingerprint density at radius 1 is 1.00 bits per heavy atom. The van der Waals surface area contributed by atoms with Crippen molar-refractivity contribution in [3.8, 4) is 0 Å². The first-order valence-electron chi connectivity index (χ1n) is 9.41. The Hall–Kier alpha value is -3.19. The van der Waals surface area contributed by atoms with E-state index in [0.717, 1.165) is 15.6 Å². The van der Waals surface area contributed by atoms with Crippen molar-refractivity contribution in [3.05, 3.63) is 81.8 Å². The molecule has 3 N–H and O–H groups in total. The van der Waals surface area contributed by atoms with Crippen LogP contribution in [0.4, 0.5) is 10.5 Å². The van der Waals surface area contributed by atoms with Crippen molar-refractivity contribution in [2.24, 2.45) is 0 Å². The number of carbonyl (C=O) groups is 2. The lowest BCUT2D eigenvalue weighted by molar-refractivity contribution is -0.118. The van der Waals surface area contributed by atoms with E-state index in [1.54, 1.807) is 23.5 Å². The molecule has 1 aromatic heterocycles. The second-order valence-electron chi connectivity index (χ2n) is 6.59. The molecule has 0 aliphatic rings. The lowest BCUT2D eigenvalue weighted by Gasteiger charge is -2.19. The fourth-order valence-electron chi connectivity index (χ4n) is 2.96. The van der Waals surface area contributed by atoms with Gasteiger partial charge in [0, 0.05) is 23.5 Å². The molecular formula is C22H24N4O2S. The summed E-state index contributed by atoms with van der Waals surface area (Å²) < 4.78 is 0. The van der Waals surface area contributed by atoms with E-state index in [1.807, 2.05) is 62.4 Å². The smallest absolute Gasteiger partial charge is 0.315 e. The monoisotopic (exact) mass is 408 g/mol. The molecule has 0 saturated carbocycles. The molecule has 2 aromatic carbocycles. The van der Waals surface area contributed by atoms with Gasteiger partial charge in [-0.15, -0.1) is 11.3 Å². The van der Waals surface area contributed by atoms with Gasteiger partial charge in [-0.05, 0) is 31.5 Å². The predicted molar refractivity (Wildman–Crippen MR) is 116 cm³/mol. The molecule has 0 saturated heterocycles. The van der Waals surface area contributed by atoms with E-state index in [9.17, 15) is 9.59 Å². The fourth-order valence-corrected chi connectivity index (χ4v) is 3.90. The number of nitrogens with zero attached hydrogens (tertiary/aromatic N) is 1. The van der Waals surface area contributed by atoms with Crippen molar-refractivity contribution in [2.45, 2.75) is 26.3 Å². The van der Waals surface area contributed by atoms with Gasteiger partial charge in [0.05, 0.1) is 10.7 Å². The minimum absolute atomic E-state index is 0.300. The quantitative estimate of drug-likeness (QED) is 0.553. The third-order valence-electron chi connectivity index (χ3n) is 4.35. The van der Waals surface area contributed by atoms with Crippen LogP contribution in [0.5, 0.6) is 0 Å². The Morgan fingerprint density at radius 3 is 2.28 bits per heavy atom. The molecule has 29 heavy (non-hydrogen) atoms. The van der Waals surface area contributed by atoms with E-state index in [-0.39, 0.29) is 11.9 Å². The van der Waals surface area contributed by atoms with Gasteiger partial charge in [0.15, 0.2) is 0 Å².